The molecule has 0 unspecified atom stereocenters. The van der Waals surface area contributed by atoms with Crippen molar-refractivity contribution in [2.24, 2.45) is 0 Å². The molecule has 24 heavy (non-hydrogen) atoms. The number of hydrogen-bond acceptors (Lipinski definition) is 4. The lowest BCUT2D eigenvalue weighted by atomic mass is 10.2. The van der Waals surface area contributed by atoms with Crippen molar-refractivity contribution in [3.05, 3.63) is 29.6 Å². The van der Waals surface area contributed by atoms with Crippen LogP contribution < -0.4 is 0 Å². The van der Waals surface area contributed by atoms with Crippen LogP contribution in [0.5, 0.6) is 0 Å². The molecule has 1 aromatic rings. The monoisotopic (exact) mass is 345 g/mol. The first-order valence-corrected chi connectivity index (χ1v) is 7.36. The van der Waals surface area contributed by atoms with Crippen molar-refractivity contribution in [2.45, 2.75) is 32.2 Å². The van der Waals surface area contributed by atoms with Crippen LogP contribution in [0.1, 0.15) is 24.6 Å². The third-order valence-corrected chi connectivity index (χ3v) is 3.73. The van der Waals surface area contributed by atoms with Crippen LogP contribution in [0.3, 0.4) is 0 Å². The average Bonchev–Trinajstić information content (AvgIpc) is 2.53. The first kappa shape index (κ1) is 18.2. The Morgan fingerprint density at radius 3 is 2.71 bits per heavy atom. The van der Waals surface area contributed by atoms with Crippen molar-refractivity contribution in [1.29, 1.82) is 0 Å². The standard InChI is InChI=1S/C15H18F3N3O3/c1-10(24-2)8-21-13(22)4-6-20(14(21)23)9-11-3-5-19-12(7-11)15(16,17)18/h3,5,7,10H,4,6,8-9H2,1-2H3/t10-/m1/s1. The predicted molar refractivity (Wildman–Crippen MR) is 77.8 cm³/mol. The molecule has 3 amide bonds. The summed E-state index contributed by atoms with van der Waals surface area (Å²) in [5, 5.41) is 0. The molecule has 9 heteroatoms. The molecule has 0 radical (unpaired) electrons. The van der Waals surface area contributed by atoms with E-state index in [4.69, 9.17) is 4.74 Å². The third-order valence-electron chi connectivity index (χ3n) is 3.73. The molecule has 1 aliphatic heterocycles. The average molecular weight is 345 g/mol. The Kier molecular flexibility index (Phi) is 5.43. The van der Waals surface area contributed by atoms with E-state index in [0.29, 0.717) is 5.56 Å². The molecule has 0 aromatic carbocycles. The Morgan fingerprint density at radius 1 is 1.38 bits per heavy atom. The number of pyridine rings is 1. The van der Waals surface area contributed by atoms with Gasteiger partial charge < -0.3 is 9.64 Å². The van der Waals surface area contributed by atoms with Crippen LogP contribution in [0.25, 0.3) is 0 Å². The fourth-order valence-electron chi connectivity index (χ4n) is 2.34. The van der Waals surface area contributed by atoms with Crippen molar-refractivity contribution < 1.29 is 27.5 Å². The number of rotatable bonds is 5. The predicted octanol–water partition coefficient (Wildman–Crippen LogP) is 2.29. The van der Waals surface area contributed by atoms with Gasteiger partial charge in [0.15, 0.2) is 0 Å². The van der Waals surface area contributed by atoms with E-state index in [2.05, 4.69) is 4.98 Å². The lowest BCUT2D eigenvalue weighted by Crippen LogP contribution is -2.53. The van der Waals surface area contributed by atoms with E-state index >= 15 is 0 Å². The van der Waals surface area contributed by atoms with E-state index in [0.717, 1.165) is 17.2 Å². The number of nitrogens with zero attached hydrogens (tertiary/aromatic N) is 3. The van der Waals surface area contributed by atoms with Crippen LogP contribution in [-0.2, 0) is 22.3 Å². The summed E-state index contributed by atoms with van der Waals surface area (Å²) in [5.41, 5.74) is -0.704. The summed E-state index contributed by atoms with van der Waals surface area (Å²) in [4.78, 5) is 30.0. The molecule has 0 aliphatic carbocycles. The first-order chi connectivity index (χ1) is 11.2. The number of hydrogen-bond donors (Lipinski definition) is 0. The van der Waals surface area contributed by atoms with Gasteiger partial charge in [0.1, 0.15) is 5.69 Å². The molecular formula is C15H18F3N3O3. The quantitative estimate of drug-likeness (QED) is 0.821. The van der Waals surface area contributed by atoms with Gasteiger partial charge in [-0.05, 0) is 24.6 Å². The van der Waals surface area contributed by atoms with Gasteiger partial charge in [0.05, 0.1) is 12.6 Å². The molecule has 0 spiro atoms. The fourth-order valence-corrected chi connectivity index (χ4v) is 2.34. The van der Waals surface area contributed by atoms with E-state index in [-0.39, 0.29) is 38.1 Å². The summed E-state index contributed by atoms with van der Waals surface area (Å²) in [6.07, 6.45) is -3.68. The zero-order chi connectivity index (χ0) is 17.9. The molecule has 1 saturated heterocycles. The van der Waals surface area contributed by atoms with Crippen LogP contribution in [-0.4, -0.2) is 53.0 Å². The number of amides is 3. The summed E-state index contributed by atoms with van der Waals surface area (Å²) >= 11 is 0. The van der Waals surface area contributed by atoms with Gasteiger partial charge in [0.25, 0.3) is 0 Å². The summed E-state index contributed by atoms with van der Waals surface area (Å²) in [6, 6.07) is 1.80. The van der Waals surface area contributed by atoms with Crippen LogP contribution in [0.15, 0.2) is 18.3 Å². The van der Waals surface area contributed by atoms with Gasteiger partial charge in [0, 0.05) is 32.8 Å². The van der Waals surface area contributed by atoms with Crippen molar-refractivity contribution in [2.75, 3.05) is 20.2 Å². The summed E-state index contributed by atoms with van der Waals surface area (Å²) in [5.74, 6) is -0.314. The Balaban J connectivity index is 2.12. The minimum atomic E-state index is -4.54. The van der Waals surface area contributed by atoms with Gasteiger partial charge in [0.2, 0.25) is 5.91 Å². The molecule has 132 valence electrons. The minimum absolute atomic E-state index is 0.0183. The number of urea groups is 1. The maximum Gasteiger partial charge on any atom is 0.433 e. The first-order valence-electron chi connectivity index (χ1n) is 7.36. The Hall–Kier alpha value is -2.16. The second-order valence-electron chi connectivity index (χ2n) is 5.55. The molecule has 1 atom stereocenters. The van der Waals surface area contributed by atoms with Gasteiger partial charge in [-0.15, -0.1) is 0 Å². The van der Waals surface area contributed by atoms with E-state index in [1.807, 2.05) is 0 Å². The van der Waals surface area contributed by atoms with Crippen LogP contribution >= 0.6 is 0 Å². The van der Waals surface area contributed by atoms with Crippen molar-refractivity contribution in [3.8, 4) is 0 Å². The van der Waals surface area contributed by atoms with E-state index < -0.39 is 17.9 Å². The maximum absolute atomic E-state index is 12.7. The van der Waals surface area contributed by atoms with E-state index in [1.54, 1.807) is 6.92 Å². The number of alkyl halides is 3. The number of halogens is 3. The molecule has 1 aromatic heterocycles. The zero-order valence-electron chi connectivity index (χ0n) is 13.3. The van der Waals surface area contributed by atoms with Crippen molar-refractivity contribution in [1.82, 2.24) is 14.8 Å². The number of aromatic nitrogens is 1. The molecule has 0 bridgehead atoms. The molecular weight excluding hydrogens is 327 g/mol. The van der Waals surface area contributed by atoms with Gasteiger partial charge in [-0.1, -0.05) is 0 Å². The summed E-state index contributed by atoms with van der Waals surface area (Å²) in [7, 11) is 1.47. The van der Waals surface area contributed by atoms with Crippen LogP contribution in [0.4, 0.5) is 18.0 Å². The zero-order valence-corrected chi connectivity index (χ0v) is 13.3. The Morgan fingerprint density at radius 2 is 2.08 bits per heavy atom. The molecule has 2 heterocycles. The van der Waals surface area contributed by atoms with Crippen molar-refractivity contribution >= 4 is 11.9 Å². The maximum atomic E-state index is 12.7. The van der Waals surface area contributed by atoms with E-state index in [9.17, 15) is 22.8 Å². The molecule has 6 nitrogen and oxygen atoms in total. The van der Waals surface area contributed by atoms with Crippen molar-refractivity contribution in [3.63, 3.8) is 0 Å². The number of ether oxygens (including phenoxy) is 1. The topological polar surface area (TPSA) is 62.7 Å². The van der Waals surface area contributed by atoms with Gasteiger partial charge in [-0.2, -0.15) is 13.2 Å². The minimum Gasteiger partial charge on any atom is -0.380 e. The number of methoxy groups -OCH3 is 1. The lowest BCUT2D eigenvalue weighted by Gasteiger charge is -2.35. The fraction of sp³-hybridized carbons (Fsp3) is 0.533. The van der Waals surface area contributed by atoms with Gasteiger partial charge in [-0.3, -0.25) is 14.7 Å². The lowest BCUT2D eigenvalue weighted by molar-refractivity contribution is -0.141. The van der Waals surface area contributed by atoms with Crippen LogP contribution in [0.2, 0.25) is 0 Å². The smallest absolute Gasteiger partial charge is 0.380 e. The normalized spacial score (nSPS) is 17.4. The molecule has 2 rings (SSSR count). The highest BCUT2D eigenvalue weighted by Gasteiger charge is 2.34. The third kappa shape index (κ3) is 4.22. The van der Waals surface area contributed by atoms with Gasteiger partial charge in [-0.25, -0.2) is 4.79 Å². The van der Waals surface area contributed by atoms with Gasteiger partial charge >= 0.3 is 12.2 Å². The Labute approximate surface area is 137 Å². The second kappa shape index (κ2) is 7.16. The SMILES string of the molecule is CO[C@H](C)CN1C(=O)CCN(Cc2ccnc(C(F)(F)F)c2)C1=O. The largest absolute Gasteiger partial charge is 0.433 e. The molecule has 0 N–H and O–H groups in total. The van der Waals surface area contributed by atoms with E-state index in [1.165, 1.54) is 18.1 Å². The molecule has 0 saturated carbocycles. The highest BCUT2D eigenvalue weighted by atomic mass is 19.4. The molecule has 1 aliphatic rings. The highest BCUT2D eigenvalue weighted by molar-refractivity contribution is 5.96. The number of carbonyl (C=O) groups is 2. The summed E-state index contributed by atoms with van der Waals surface area (Å²) < 4.78 is 43.2. The molecule has 1 fully saturated rings. The highest BCUT2D eigenvalue weighted by Crippen LogP contribution is 2.28. The number of carbonyl (C=O) groups excluding carboxylic acids is 2. The summed E-state index contributed by atoms with van der Waals surface area (Å²) in [6.45, 7) is 1.97. The second-order valence-corrected chi connectivity index (χ2v) is 5.55. The van der Waals surface area contributed by atoms with Crippen LogP contribution in [0, 0.1) is 0 Å². The Bertz CT molecular complexity index is 621. The number of imide groups is 1.